The van der Waals surface area contributed by atoms with Crippen LogP contribution in [-0.2, 0) is 6.61 Å². The maximum Gasteiger partial charge on any atom is 0.130 e. The summed E-state index contributed by atoms with van der Waals surface area (Å²) in [5, 5.41) is 2.09. The van der Waals surface area contributed by atoms with Crippen LogP contribution in [0.2, 0.25) is 0 Å². The highest BCUT2D eigenvalue weighted by Gasteiger charge is 2.08. The molecule has 0 aliphatic rings. The third kappa shape index (κ3) is 3.53. The highest BCUT2D eigenvalue weighted by atomic mass is 16.5. The highest BCUT2D eigenvalue weighted by Crippen LogP contribution is 2.29. The molecule has 146 valence electrons. The van der Waals surface area contributed by atoms with Gasteiger partial charge < -0.3 is 9.47 Å². The minimum absolute atomic E-state index is 0.396. The molecule has 2 heterocycles. The Labute approximate surface area is 174 Å². The summed E-state index contributed by atoms with van der Waals surface area (Å²) >= 11 is 0. The van der Waals surface area contributed by atoms with Crippen molar-refractivity contribution in [2.75, 3.05) is 7.11 Å². The lowest BCUT2D eigenvalue weighted by atomic mass is 10.1. The summed E-state index contributed by atoms with van der Waals surface area (Å²) in [6, 6.07) is 25.8. The number of fused-ring (bicyclic) bond motifs is 2. The summed E-state index contributed by atoms with van der Waals surface area (Å²) in [6.45, 7) is 0.396. The zero-order chi connectivity index (χ0) is 20.3. The number of para-hydroxylation sites is 1. The van der Waals surface area contributed by atoms with Gasteiger partial charge in [-0.1, -0.05) is 24.3 Å². The van der Waals surface area contributed by atoms with E-state index in [9.17, 15) is 0 Å². The van der Waals surface area contributed by atoms with E-state index in [4.69, 9.17) is 9.47 Å². The maximum absolute atomic E-state index is 5.99. The van der Waals surface area contributed by atoms with Crippen LogP contribution in [0.5, 0.6) is 11.5 Å². The molecule has 0 atom stereocenters. The zero-order valence-corrected chi connectivity index (χ0v) is 16.4. The van der Waals surface area contributed by atoms with Crippen LogP contribution >= 0.6 is 0 Å². The first-order chi connectivity index (χ1) is 14.8. The quantitative estimate of drug-likeness (QED) is 0.398. The molecule has 0 amide bonds. The van der Waals surface area contributed by atoms with Crippen LogP contribution in [0.1, 0.15) is 5.69 Å². The Balaban J connectivity index is 1.40. The molecule has 3 aromatic carbocycles. The van der Waals surface area contributed by atoms with Crippen LogP contribution < -0.4 is 9.47 Å². The molecule has 5 heteroatoms. The van der Waals surface area contributed by atoms with Gasteiger partial charge in [0.15, 0.2) is 0 Å². The van der Waals surface area contributed by atoms with E-state index in [-0.39, 0.29) is 0 Å². The van der Waals surface area contributed by atoms with Gasteiger partial charge in [-0.15, -0.1) is 0 Å². The number of nitrogens with zero attached hydrogens (tertiary/aromatic N) is 3. The van der Waals surface area contributed by atoms with Gasteiger partial charge in [0.05, 0.1) is 29.5 Å². The SMILES string of the molecule is COc1ccc(-c2ncnc3cc(OCc4ccc5ccccc5n4)ccc23)cc1. The van der Waals surface area contributed by atoms with Crippen molar-refractivity contribution in [1.29, 1.82) is 0 Å². The molecule has 0 unspecified atom stereocenters. The van der Waals surface area contributed by atoms with Crippen molar-refractivity contribution in [3.05, 3.63) is 90.9 Å². The van der Waals surface area contributed by atoms with Crippen molar-refractivity contribution < 1.29 is 9.47 Å². The van der Waals surface area contributed by atoms with E-state index in [1.165, 1.54) is 0 Å². The van der Waals surface area contributed by atoms with Crippen LogP contribution in [0.15, 0.2) is 85.2 Å². The molecule has 30 heavy (non-hydrogen) atoms. The van der Waals surface area contributed by atoms with Crippen molar-refractivity contribution in [1.82, 2.24) is 15.0 Å². The van der Waals surface area contributed by atoms with E-state index in [1.54, 1.807) is 13.4 Å². The average molecular weight is 393 g/mol. The van der Waals surface area contributed by atoms with Gasteiger partial charge in [0.1, 0.15) is 24.4 Å². The lowest BCUT2D eigenvalue weighted by Crippen LogP contribution is -1.99. The van der Waals surface area contributed by atoms with E-state index in [0.717, 1.165) is 50.3 Å². The van der Waals surface area contributed by atoms with E-state index in [2.05, 4.69) is 27.1 Å². The first-order valence-corrected chi connectivity index (χ1v) is 9.67. The Bertz CT molecular complexity index is 1330. The highest BCUT2D eigenvalue weighted by molar-refractivity contribution is 5.92. The summed E-state index contributed by atoms with van der Waals surface area (Å²) in [7, 11) is 1.66. The summed E-state index contributed by atoms with van der Waals surface area (Å²) in [5.74, 6) is 1.56. The molecular formula is C25H19N3O2. The molecule has 0 radical (unpaired) electrons. The second-order valence-corrected chi connectivity index (χ2v) is 6.91. The largest absolute Gasteiger partial charge is 0.497 e. The second-order valence-electron chi connectivity index (χ2n) is 6.91. The van der Waals surface area contributed by atoms with Crippen LogP contribution in [0.3, 0.4) is 0 Å². The molecule has 0 bridgehead atoms. The second kappa shape index (κ2) is 7.79. The normalized spacial score (nSPS) is 11.0. The standard InChI is InChI=1S/C25H19N3O2/c1-29-20-10-7-18(8-11-20)25-22-13-12-21(14-24(22)26-16-27-25)30-15-19-9-6-17-4-2-3-5-23(17)28-19/h2-14,16H,15H2,1H3. The molecule has 5 nitrogen and oxygen atoms in total. The number of ether oxygens (including phenoxy) is 2. The van der Waals surface area contributed by atoms with Gasteiger partial charge in [-0.05, 0) is 48.5 Å². The van der Waals surface area contributed by atoms with Crippen LogP contribution in [0.4, 0.5) is 0 Å². The molecule has 0 saturated heterocycles. The zero-order valence-electron chi connectivity index (χ0n) is 16.4. The van der Waals surface area contributed by atoms with Gasteiger partial charge in [0.2, 0.25) is 0 Å². The van der Waals surface area contributed by atoms with Crippen LogP contribution in [0.25, 0.3) is 33.1 Å². The number of rotatable bonds is 5. The summed E-state index contributed by atoms with van der Waals surface area (Å²) < 4.78 is 11.2. The van der Waals surface area contributed by atoms with Crippen molar-refractivity contribution in [2.24, 2.45) is 0 Å². The van der Waals surface area contributed by atoms with Gasteiger partial charge in [-0.2, -0.15) is 0 Å². The Kier molecular flexibility index (Phi) is 4.69. The van der Waals surface area contributed by atoms with Crippen molar-refractivity contribution in [2.45, 2.75) is 6.61 Å². The first-order valence-electron chi connectivity index (χ1n) is 9.67. The minimum Gasteiger partial charge on any atom is -0.497 e. The van der Waals surface area contributed by atoms with E-state index >= 15 is 0 Å². The van der Waals surface area contributed by atoms with Crippen LogP contribution in [0, 0.1) is 0 Å². The predicted octanol–water partition coefficient (Wildman–Crippen LogP) is 5.43. The molecule has 5 rings (SSSR count). The molecule has 0 N–H and O–H groups in total. The number of benzene rings is 3. The summed E-state index contributed by atoms with van der Waals surface area (Å²) in [4.78, 5) is 13.6. The minimum atomic E-state index is 0.396. The maximum atomic E-state index is 5.99. The Morgan fingerprint density at radius 3 is 2.47 bits per heavy atom. The van der Waals surface area contributed by atoms with E-state index in [1.807, 2.05) is 66.7 Å². The van der Waals surface area contributed by atoms with Gasteiger partial charge in [0.25, 0.3) is 0 Å². The monoisotopic (exact) mass is 393 g/mol. The van der Waals surface area contributed by atoms with Crippen molar-refractivity contribution >= 4 is 21.8 Å². The molecular weight excluding hydrogens is 374 g/mol. The van der Waals surface area contributed by atoms with Gasteiger partial charge in [-0.25, -0.2) is 15.0 Å². The Morgan fingerprint density at radius 2 is 1.60 bits per heavy atom. The molecule has 0 aliphatic carbocycles. The van der Waals surface area contributed by atoms with Gasteiger partial charge in [0, 0.05) is 22.4 Å². The fourth-order valence-corrected chi connectivity index (χ4v) is 3.45. The van der Waals surface area contributed by atoms with Crippen molar-refractivity contribution in [3.8, 4) is 22.8 Å². The van der Waals surface area contributed by atoms with Crippen molar-refractivity contribution in [3.63, 3.8) is 0 Å². The molecule has 0 saturated carbocycles. The number of aromatic nitrogens is 3. The number of hydrogen-bond donors (Lipinski definition) is 0. The third-order valence-corrected chi connectivity index (χ3v) is 5.01. The summed E-state index contributed by atoms with van der Waals surface area (Å²) in [5.41, 5.74) is 4.58. The molecule has 2 aromatic heterocycles. The Hall–Kier alpha value is -3.99. The fraction of sp³-hybridized carbons (Fsp3) is 0.0800. The Morgan fingerprint density at radius 1 is 0.767 bits per heavy atom. The smallest absolute Gasteiger partial charge is 0.130 e. The van der Waals surface area contributed by atoms with Gasteiger partial charge in [-0.3, -0.25) is 0 Å². The molecule has 0 spiro atoms. The fourth-order valence-electron chi connectivity index (χ4n) is 3.45. The first kappa shape index (κ1) is 18.1. The van der Waals surface area contributed by atoms with E-state index in [0.29, 0.717) is 6.61 Å². The predicted molar refractivity (Wildman–Crippen MR) is 118 cm³/mol. The molecule has 0 aliphatic heterocycles. The molecule has 0 fully saturated rings. The topological polar surface area (TPSA) is 57.1 Å². The lowest BCUT2D eigenvalue weighted by Gasteiger charge is -2.10. The third-order valence-electron chi connectivity index (χ3n) is 5.01. The van der Waals surface area contributed by atoms with E-state index < -0.39 is 0 Å². The van der Waals surface area contributed by atoms with Crippen LogP contribution in [-0.4, -0.2) is 22.1 Å². The number of pyridine rings is 1. The average Bonchev–Trinajstić information content (AvgIpc) is 2.82. The number of hydrogen-bond acceptors (Lipinski definition) is 5. The van der Waals surface area contributed by atoms with Gasteiger partial charge >= 0.3 is 0 Å². The number of methoxy groups -OCH3 is 1. The lowest BCUT2D eigenvalue weighted by molar-refractivity contribution is 0.302. The summed E-state index contributed by atoms with van der Waals surface area (Å²) in [6.07, 6.45) is 1.58. The molecule has 5 aromatic rings.